The summed E-state index contributed by atoms with van der Waals surface area (Å²) in [6, 6.07) is 10.9. The Morgan fingerprint density at radius 3 is 2.26 bits per heavy atom. The van der Waals surface area contributed by atoms with Crippen molar-refractivity contribution in [3.05, 3.63) is 35.4 Å². The quantitative estimate of drug-likeness (QED) is 0.893. The zero-order valence-electron chi connectivity index (χ0n) is 12.8. The van der Waals surface area contributed by atoms with Gasteiger partial charge in [-0.15, -0.1) is 0 Å². The molecule has 1 fully saturated rings. The topological polar surface area (TPSA) is 15.3 Å². The predicted octanol–water partition coefficient (Wildman–Crippen LogP) is 3.38. The van der Waals surface area contributed by atoms with Crippen molar-refractivity contribution >= 4 is 0 Å². The summed E-state index contributed by atoms with van der Waals surface area (Å²) in [6.07, 6.45) is 2.41. The van der Waals surface area contributed by atoms with E-state index < -0.39 is 0 Å². The molecule has 1 saturated heterocycles. The largest absolute Gasteiger partial charge is 0.309 e. The fraction of sp³-hybridized carbons (Fsp3) is 0.647. The van der Waals surface area contributed by atoms with Crippen LogP contribution in [0.4, 0.5) is 0 Å². The lowest BCUT2D eigenvalue weighted by atomic mass is 10.0. The van der Waals surface area contributed by atoms with Crippen LogP contribution in [0.3, 0.4) is 0 Å². The molecule has 106 valence electrons. The van der Waals surface area contributed by atoms with E-state index in [9.17, 15) is 0 Å². The maximum absolute atomic E-state index is 3.60. The first-order valence-corrected chi connectivity index (χ1v) is 7.69. The second-order valence-corrected chi connectivity index (χ2v) is 6.09. The van der Waals surface area contributed by atoms with E-state index in [1.54, 1.807) is 0 Å². The van der Waals surface area contributed by atoms with E-state index in [-0.39, 0.29) is 0 Å². The first kappa shape index (κ1) is 14.5. The molecule has 2 nitrogen and oxygen atoms in total. The summed E-state index contributed by atoms with van der Waals surface area (Å²) >= 11 is 0. The van der Waals surface area contributed by atoms with E-state index in [1.165, 1.54) is 24.0 Å². The molecule has 3 atom stereocenters. The van der Waals surface area contributed by atoms with Crippen molar-refractivity contribution in [2.45, 2.75) is 58.7 Å². The second kappa shape index (κ2) is 6.53. The lowest BCUT2D eigenvalue weighted by molar-refractivity contribution is 0.131. The van der Waals surface area contributed by atoms with Gasteiger partial charge in [0, 0.05) is 31.2 Å². The molecule has 0 bridgehead atoms. The minimum Gasteiger partial charge on any atom is -0.309 e. The van der Waals surface area contributed by atoms with Crippen LogP contribution in [0, 0.1) is 0 Å². The Labute approximate surface area is 118 Å². The number of nitrogens with zero attached hydrogens (tertiary/aromatic N) is 1. The van der Waals surface area contributed by atoms with Crippen molar-refractivity contribution in [2.24, 2.45) is 0 Å². The van der Waals surface area contributed by atoms with E-state index in [0.29, 0.717) is 18.1 Å². The van der Waals surface area contributed by atoms with Gasteiger partial charge in [0.15, 0.2) is 0 Å². The molecule has 2 rings (SSSR count). The molecular weight excluding hydrogens is 232 g/mol. The van der Waals surface area contributed by atoms with Gasteiger partial charge in [0.25, 0.3) is 0 Å². The Kier molecular flexibility index (Phi) is 5.00. The Morgan fingerprint density at radius 2 is 1.74 bits per heavy atom. The maximum Gasteiger partial charge on any atom is 0.0321 e. The standard InChI is InChI=1S/C17H28N2/c1-5-6-16-7-9-17(10-8-16)15(4)19-11-13(2)18-14(3)12-19/h7-10,13-15,18H,5-6,11-12H2,1-4H3. The van der Waals surface area contributed by atoms with Gasteiger partial charge in [-0.25, -0.2) is 0 Å². The average molecular weight is 260 g/mol. The van der Waals surface area contributed by atoms with Gasteiger partial charge in [-0.3, -0.25) is 4.90 Å². The number of rotatable bonds is 4. The molecule has 0 spiro atoms. The monoisotopic (exact) mass is 260 g/mol. The Hall–Kier alpha value is -0.860. The number of nitrogens with one attached hydrogen (secondary N) is 1. The number of hydrogen-bond acceptors (Lipinski definition) is 2. The summed E-state index contributed by atoms with van der Waals surface area (Å²) in [6.45, 7) is 11.4. The van der Waals surface area contributed by atoms with E-state index in [1.807, 2.05) is 0 Å². The van der Waals surface area contributed by atoms with Gasteiger partial charge in [-0.2, -0.15) is 0 Å². The fourth-order valence-corrected chi connectivity index (χ4v) is 3.15. The van der Waals surface area contributed by atoms with Crippen LogP contribution in [0.15, 0.2) is 24.3 Å². The van der Waals surface area contributed by atoms with Gasteiger partial charge in [-0.05, 0) is 38.3 Å². The second-order valence-electron chi connectivity index (χ2n) is 6.09. The Bertz CT molecular complexity index is 375. The SMILES string of the molecule is CCCc1ccc(C(C)N2CC(C)NC(C)C2)cc1. The smallest absolute Gasteiger partial charge is 0.0321 e. The molecule has 3 unspecified atom stereocenters. The molecule has 2 heteroatoms. The normalized spacial score (nSPS) is 26.3. The van der Waals surface area contributed by atoms with Crippen molar-refractivity contribution in [1.29, 1.82) is 0 Å². The summed E-state index contributed by atoms with van der Waals surface area (Å²) in [5.41, 5.74) is 2.90. The van der Waals surface area contributed by atoms with Crippen LogP contribution in [0.25, 0.3) is 0 Å². The zero-order valence-corrected chi connectivity index (χ0v) is 12.8. The molecule has 1 N–H and O–H groups in total. The number of benzene rings is 1. The van der Waals surface area contributed by atoms with Crippen LogP contribution in [0.2, 0.25) is 0 Å². The number of hydrogen-bond donors (Lipinski definition) is 1. The van der Waals surface area contributed by atoms with Gasteiger partial charge < -0.3 is 5.32 Å². The van der Waals surface area contributed by atoms with Gasteiger partial charge >= 0.3 is 0 Å². The zero-order chi connectivity index (χ0) is 13.8. The number of aryl methyl sites for hydroxylation is 1. The molecule has 1 aliphatic heterocycles. The molecule has 0 saturated carbocycles. The molecule has 0 aromatic heterocycles. The van der Waals surface area contributed by atoms with Crippen molar-refractivity contribution < 1.29 is 0 Å². The molecule has 19 heavy (non-hydrogen) atoms. The molecule has 0 radical (unpaired) electrons. The lowest BCUT2D eigenvalue weighted by Crippen LogP contribution is -2.54. The van der Waals surface area contributed by atoms with Gasteiger partial charge in [0.1, 0.15) is 0 Å². The lowest BCUT2D eigenvalue weighted by Gasteiger charge is -2.39. The summed E-state index contributed by atoms with van der Waals surface area (Å²) in [5.74, 6) is 0. The highest BCUT2D eigenvalue weighted by Crippen LogP contribution is 2.23. The minimum atomic E-state index is 0.516. The molecule has 0 aliphatic carbocycles. The van der Waals surface area contributed by atoms with Gasteiger partial charge in [0.2, 0.25) is 0 Å². The summed E-state index contributed by atoms with van der Waals surface area (Å²) in [7, 11) is 0. The third-order valence-corrected chi connectivity index (χ3v) is 4.13. The van der Waals surface area contributed by atoms with Crippen molar-refractivity contribution in [3.8, 4) is 0 Å². The van der Waals surface area contributed by atoms with E-state index in [4.69, 9.17) is 0 Å². The molecule has 0 amide bonds. The van der Waals surface area contributed by atoms with Crippen LogP contribution >= 0.6 is 0 Å². The highest BCUT2D eigenvalue weighted by atomic mass is 15.2. The fourth-order valence-electron chi connectivity index (χ4n) is 3.15. The third kappa shape index (κ3) is 3.80. The van der Waals surface area contributed by atoms with Crippen LogP contribution in [0.5, 0.6) is 0 Å². The van der Waals surface area contributed by atoms with Crippen LogP contribution in [-0.4, -0.2) is 30.1 Å². The first-order valence-electron chi connectivity index (χ1n) is 7.69. The molecule has 1 aromatic carbocycles. The Morgan fingerprint density at radius 1 is 1.16 bits per heavy atom. The summed E-state index contributed by atoms with van der Waals surface area (Å²) < 4.78 is 0. The van der Waals surface area contributed by atoms with E-state index >= 15 is 0 Å². The Balaban J connectivity index is 2.03. The number of piperazine rings is 1. The van der Waals surface area contributed by atoms with E-state index in [0.717, 1.165) is 13.1 Å². The van der Waals surface area contributed by atoms with Gasteiger partial charge in [0.05, 0.1) is 0 Å². The minimum absolute atomic E-state index is 0.516. The van der Waals surface area contributed by atoms with Crippen LogP contribution < -0.4 is 5.32 Å². The molecule has 1 aromatic rings. The average Bonchev–Trinajstić information content (AvgIpc) is 2.38. The van der Waals surface area contributed by atoms with Crippen molar-refractivity contribution in [2.75, 3.05) is 13.1 Å². The third-order valence-electron chi connectivity index (χ3n) is 4.13. The molecule has 1 aliphatic rings. The maximum atomic E-state index is 3.60. The van der Waals surface area contributed by atoms with Crippen LogP contribution in [-0.2, 0) is 6.42 Å². The van der Waals surface area contributed by atoms with Crippen LogP contribution in [0.1, 0.15) is 51.3 Å². The summed E-state index contributed by atoms with van der Waals surface area (Å²) in [4.78, 5) is 2.60. The predicted molar refractivity (Wildman–Crippen MR) is 82.5 cm³/mol. The molecule has 1 heterocycles. The molecular formula is C17H28N2. The van der Waals surface area contributed by atoms with Gasteiger partial charge in [-0.1, -0.05) is 37.6 Å². The highest BCUT2D eigenvalue weighted by Gasteiger charge is 2.25. The first-order chi connectivity index (χ1) is 9.10. The van der Waals surface area contributed by atoms with Crippen molar-refractivity contribution in [1.82, 2.24) is 10.2 Å². The van der Waals surface area contributed by atoms with E-state index in [2.05, 4.69) is 62.2 Å². The summed E-state index contributed by atoms with van der Waals surface area (Å²) in [5, 5.41) is 3.60. The van der Waals surface area contributed by atoms with Crippen molar-refractivity contribution in [3.63, 3.8) is 0 Å². The highest BCUT2D eigenvalue weighted by molar-refractivity contribution is 5.25.